The van der Waals surface area contributed by atoms with Gasteiger partial charge >= 0.3 is 0 Å². The Kier molecular flexibility index (Phi) is 1.32. The quantitative estimate of drug-likeness (QED) is 0.519. The highest BCUT2D eigenvalue weighted by Gasteiger charge is 1.93. The first-order valence-electron chi connectivity index (χ1n) is 3.28. The molecule has 0 aliphatic heterocycles. The van der Waals surface area contributed by atoms with Gasteiger partial charge in [0, 0.05) is 5.39 Å². The number of hydrogen-bond donors (Lipinski definition) is 0. The van der Waals surface area contributed by atoms with Crippen LogP contribution in [0, 0.1) is 12.0 Å². The molecule has 2 aromatic rings. The molecule has 0 saturated heterocycles. The van der Waals surface area contributed by atoms with E-state index in [1.807, 2.05) is 6.07 Å². The van der Waals surface area contributed by atoms with Crippen molar-refractivity contribution < 1.29 is 4.39 Å². The van der Waals surface area contributed by atoms with Gasteiger partial charge in [0.15, 0.2) is 0 Å². The predicted molar refractivity (Wildman–Crippen MR) is 40.5 cm³/mol. The van der Waals surface area contributed by atoms with Gasteiger partial charge in [0.25, 0.3) is 0 Å². The van der Waals surface area contributed by atoms with Crippen molar-refractivity contribution in [2.75, 3.05) is 0 Å². The summed E-state index contributed by atoms with van der Waals surface area (Å²) in [6.07, 6.45) is 0. The van der Waals surface area contributed by atoms with Crippen LogP contribution in [0.15, 0.2) is 30.3 Å². The van der Waals surface area contributed by atoms with E-state index >= 15 is 0 Å². The van der Waals surface area contributed by atoms with Gasteiger partial charge < -0.3 is 0 Å². The lowest BCUT2D eigenvalue weighted by Gasteiger charge is -1.93. The van der Waals surface area contributed by atoms with Gasteiger partial charge in [0.1, 0.15) is 0 Å². The number of fused-ring (bicyclic) bond motifs is 1. The van der Waals surface area contributed by atoms with E-state index in [1.54, 1.807) is 18.2 Å². The van der Waals surface area contributed by atoms with Crippen molar-refractivity contribution in [3.05, 3.63) is 42.3 Å². The summed E-state index contributed by atoms with van der Waals surface area (Å²) in [5.74, 6) is -0.447. The summed E-state index contributed by atoms with van der Waals surface area (Å²) < 4.78 is 12.5. The first-order chi connectivity index (χ1) is 5.36. The summed E-state index contributed by atoms with van der Waals surface area (Å²) in [5, 5.41) is 0.935. The van der Waals surface area contributed by atoms with Crippen molar-refractivity contribution in [3.63, 3.8) is 0 Å². The van der Waals surface area contributed by atoms with Crippen molar-refractivity contribution in [3.8, 4) is 0 Å². The SMILES string of the molecule is Fc1ccc2cc[c]cc2n1. The maximum absolute atomic E-state index is 12.5. The zero-order valence-corrected chi connectivity index (χ0v) is 5.71. The molecule has 0 bridgehead atoms. The first kappa shape index (κ1) is 6.28. The summed E-state index contributed by atoms with van der Waals surface area (Å²) >= 11 is 0. The molecule has 2 rings (SSSR count). The number of nitrogens with zero attached hydrogens (tertiary/aromatic N) is 1. The van der Waals surface area contributed by atoms with Crippen LogP contribution in [0.25, 0.3) is 10.9 Å². The molecule has 1 heterocycles. The predicted octanol–water partition coefficient (Wildman–Crippen LogP) is 2.17. The number of benzene rings is 1. The van der Waals surface area contributed by atoms with Crippen LogP contribution in [0.3, 0.4) is 0 Å². The number of rotatable bonds is 0. The van der Waals surface area contributed by atoms with Crippen LogP contribution in [0.1, 0.15) is 0 Å². The van der Waals surface area contributed by atoms with Gasteiger partial charge in [0.2, 0.25) is 5.95 Å². The molecule has 0 atom stereocenters. The van der Waals surface area contributed by atoms with Crippen LogP contribution in [-0.4, -0.2) is 4.98 Å². The molecule has 1 nitrogen and oxygen atoms in total. The van der Waals surface area contributed by atoms with Crippen molar-refractivity contribution in [1.29, 1.82) is 0 Å². The lowest BCUT2D eigenvalue weighted by molar-refractivity contribution is 0.589. The van der Waals surface area contributed by atoms with Crippen LogP contribution in [-0.2, 0) is 0 Å². The molecule has 53 valence electrons. The Morgan fingerprint density at radius 1 is 1.27 bits per heavy atom. The molecule has 2 heteroatoms. The van der Waals surface area contributed by atoms with Crippen molar-refractivity contribution >= 4 is 10.9 Å². The highest BCUT2D eigenvalue weighted by atomic mass is 19.1. The lowest BCUT2D eigenvalue weighted by Crippen LogP contribution is -1.81. The first-order valence-corrected chi connectivity index (χ1v) is 3.28. The zero-order chi connectivity index (χ0) is 7.68. The van der Waals surface area contributed by atoms with Gasteiger partial charge in [-0.05, 0) is 24.3 Å². The van der Waals surface area contributed by atoms with Gasteiger partial charge in [-0.15, -0.1) is 0 Å². The molecule has 0 fully saturated rings. The molecule has 0 N–H and O–H groups in total. The van der Waals surface area contributed by atoms with Gasteiger partial charge in [0.05, 0.1) is 5.52 Å². The summed E-state index contributed by atoms with van der Waals surface area (Å²) in [6.45, 7) is 0. The molecule has 1 aromatic carbocycles. The molecule has 1 radical (unpaired) electrons. The zero-order valence-electron chi connectivity index (χ0n) is 5.71. The fourth-order valence-corrected chi connectivity index (χ4v) is 0.982. The Balaban J connectivity index is 2.83. The molecule has 1 aromatic heterocycles. The summed E-state index contributed by atoms with van der Waals surface area (Å²) in [5.41, 5.74) is 0.646. The minimum absolute atomic E-state index is 0.447. The smallest absolute Gasteiger partial charge is 0.213 e. The minimum Gasteiger partial charge on any atom is -0.220 e. The van der Waals surface area contributed by atoms with E-state index in [1.165, 1.54) is 6.07 Å². The van der Waals surface area contributed by atoms with Gasteiger partial charge in [-0.25, -0.2) is 4.98 Å². The average molecular weight is 146 g/mol. The number of hydrogen-bond acceptors (Lipinski definition) is 1. The molecular formula is C9H5FN. The van der Waals surface area contributed by atoms with Crippen LogP contribution in [0.2, 0.25) is 0 Å². The molecule has 0 amide bonds. The number of halogens is 1. The Hall–Kier alpha value is -1.44. The van der Waals surface area contributed by atoms with E-state index in [2.05, 4.69) is 11.1 Å². The maximum Gasteiger partial charge on any atom is 0.213 e. The highest BCUT2D eigenvalue weighted by Crippen LogP contribution is 2.09. The summed E-state index contributed by atoms with van der Waals surface area (Å²) in [7, 11) is 0. The van der Waals surface area contributed by atoms with Crippen LogP contribution < -0.4 is 0 Å². The standard InChI is InChI=1S/C9H5FN/c10-9-6-5-7-3-1-2-4-8(7)11-9/h1,3-6H. The monoisotopic (exact) mass is 146 g/mol. The Morgan fingerprint density at radius 2 is 2.18 bits per heavy atom. The van der Waals surface area contributed by atoms with E-state index < -0.39 is 5.95 Å². The molecular weight excluding hydrogens is 141 g/mol. The van der Waals surface area contributed by atoms with E-state index in [0.717, 1.165) is 5.39 Å². The lowest BCUT2D eigenvalue weighted by atomic mass is 10.2. The maximum atomic E-state index is 12.5. The van der Waals surface area contributed by atoms with E-state index in [4.69, 9.17) is 0 Å². The molecule has 0 saturated carbocycles. The van der Waals surface area contributed by atoms with Crippen LogP contribution >= 0.6 is 0 Å². The van der Waals surface area contributed by atoms with Crippen molar-refractivity contribution in [2.24, 2.45) is 0 Å². The number of aromatic nitrogens is 1. The second-order valence-corrected chi connectivity index (χ2v) is 2.25. The van der Waals surface area contributed by atoms with Crippen LogP contribution in [0.4, 0.5) is 4.39 Å². The topological polar surface area (TPSA) is 12.9 Å². The van der Waals surface area contributed by atoms with E-state index in [9.17, 15) is 4.39 Å². The van der Waals surface area contributed by atoms with E-state index in [0.29, 0.717) is 5.52 Å². The number of pyridine rings is 1. The third kappa shape index (κ3) is 1.07. The third-order valence-electron chi connectivity index (χ3n) is 1.50. The largest absolute Gasteiger partial charge is 0.220 e. The molecule has 0 spiro atoms. The Bertz CT molecular complexity index is 384. The molecule has 0 aliphatic rings. The second kappa shape index (κ2) is 2.31. The van der Waals surface area contributed by atoms with Crippen molar-refractivity contribution in [1.82, 2.24) is 4.98 Å². The van der Waals surface area contributed by atoms with Crippen molar-refractivity contribution in [2.45, 2.75) is 0 Å². The van der Waals surface area contributed by atoms with Crippen LogP contribution in [0.5, 0.6) is 0 Å². The highest BCUT2D eigenvalue weighted by molar-refractivity contribution is 5.77. The Labute approximate surface area is 63.5 Å². The summed E-state index contributed by atoms with van der Waals surface area (Å²) in [4.78, 5) is 3.68. The Morgan fingerprint density at radius 3 is 3.09 bits per heavy atom. The molecule has 11 heavy (non-hydrogen) atoms. The molecule has 0 unspecified atom stereocenters. The van der Waals surface area contributed by atoms with E-state index in [-0.39, 0.29) is 0 Å². The fourth-order valence-electron chi connectivity index (χ4n) is 0.982. The third-order valence-corrected chi connectivity index (χ3v) is 1.50. The molecule has 0 aliphatic carbocycles. The minimum atomic E-state index is -0.447. The second-order valence-electron chi connectivity index (χ2n) is 2.25. The van der Waals surface area contributed by atoms with Gasteiger partial charge in [-0.2, -0.15) is 4.39 Å². The summed E-state index contributed by atoms with van der Waals surface area (Å²) in [6, 6.07) is 11.2. The van der Waals surface area contributed by atoms with Gasteiger partial charge in [-0.3, -0.25) is 0 Å². The fraction of sp³-hybridized carbons (Fsp3) is 0. The van der Waals surface area contributed by atoms with Gasteiger partial charge in [-0.1, -0.05) is 12.1 Å². The normalized spacial score (nSPS) is 10.3. The average Bonchev–Trinajstić information content (AvgIpc) is 2.04.